The molecule has 0 saturated carbocycles. The van der Waals surface area contributed by atoms with Crippen LogP contribution in [0.1, 0.15) is 34.6 Å². The van der Waals surface area contributed by atoms with E-state index >= 15 is 0 Å². The molecule has 212 valence electrons. The number of hydrogen-bond acceptors (Lipinski definition) is 6. The number of rotatable bonds is 12. The molecule has 1 heterocycles. The molecule has 0 spiro atoms. The maximum Gasteiger partial charge on any atom is 0.121 e. The SMILES string of the molecule is COc1ccc(COC2CNCC(O)C2c2ccc(OCCCOCc3ccccc3)cc2)cc1C.ClCCl. The quantitative estimate of drug-likeness (QED) is 0.202. The van der Waals surface area contributed by atoms with Gasteiger partial charge in [0.15, 0.2) is 0 Å². The fraction of sp³-hybridized carbons (Fsp3) is 0.419. The van der Waals surface area contributed by atoms with E-state index in [0.717, 1.165) is 34.6 Å². The zero-order valence-corrected chi connectivity index (χ0v) is 24.2. The Labute approximate surface area is 242 Å². The van der Waals surface area contributed by atoms with Crippen LogP contribution >= 0.6 is 23.2 Å². The third kappa shape index (κ3) is 10.3. The Hall–Kier alpha value is -2.32. The molecular weight excluding hydrogens is 537 g/mol. The molecule has 1 saturated heterocycles. The summed E-state index contributed by atoms with van der Waals surface area (Å²) in [6.07, 6.45) is 0.169. The van der Waals surface area contributed by atoms with E-state index in [9.17, 15) is 5.11 Å². The lowest BCUT2D eigenvalue weighted by Gasteiger charge is -2.36. The second-order valence-corrected chi connectivity index (χ2v) is 10.1. The van der Waals surface area contributed by atoms with E-state index in [1.54, 1.807) is 7.11 Å². The van der Waals surface area contributed by atoms with Gasteiger partial charge in [-0.25, -0.2) is 0 Å². The summed E-state index contributed by atoms with van der Waals surface area (Å²) in [5.74, 6) is 1.58. The second kappa shape index (κ2) is 17.4. The molecule has 6 nitrogen and oxygen atoms in total. The van der Waals surface area contributed by atoms with Crippen molar-refractivity contribution >= 4 is 23.2 Å². The van der Waals surface area contributed by atoms with Crippen LogP contribution in [-0.2, 0) is 22.7 Å². The number of ether oxygens (including phenoxy) is 4. The lowest BCUT2D eigenvalue weighted by atomic mass is 9.85. The summed E-state index contributed by atoms with van der Waals surface area (Å²) in [4.78, 5) is 0. The number of β-amino-alcohol motifs (C(OH)–C–C–N with tert-alkyl or cyclic N) is 1. The Bertz CT molecular complexity index is 1080. The zero-order valence-electron chi connectivity index (χ0n) is 22.7. The van der Waals surface area contributed by atoms with Gasteiger partial charge in [-0.3, -0.25) is 0 Å². The Morgan fingerprint density at radius 2 is 1.64 bits per heavy atom. The average Bonchev–Trinajstić information content (AvgIpc) is 2.95. The Morgan fingerprint density at radius 1 is 0.897 bits per heavy atom. The van der Waals surface area contributed by atoms with Gasteiger partial charge in [-0.1, -0.05) is 54.6 Å². The van der Waals surface area contributed by atoms with Gasteiger partial charge in [-0.15, -0.1) is 23.2 Å². The molecule has 0 aromatic heterocycles. The van der Waals surface area contributed by atoms with E-state index < -0.39 is 6.10 Å². The molecule has 0 aliphatic carbocycles. The Kier molecular flexibility index (Phi) is 13.9. The Balaban J connectivity index is 0.00000134. The van der Waals surface area contributed by atoms with Crippen LogP contribution in [0.2, 0.25) is 0 Å². The first kappa shape index (κ1) is 31.2. The van der Waals surface area contributed by atoms with Crippen LogP contribution < -0.4 is 14.8 Å². The van der Waals surface area contributed by atoms with Crippen molar-refractivity contribution < 1.29 is 24.1 Å². The van der Waals surface area contributed by atoms with Gasteiger partial charge in [-0.05, 0) is 47.4 Å². The number of aliphatic hydroxyl groups is 1. The number of halogens is 2. The van der Waals surface area contributed by atoms with Gasteiger partial charge in [0, 0.05) is 25.4 Å². The number of methoxy groups -OCH3 is 1. The summed E-state index contributed by atoms with van der Waals surface area (Å²) >= 11 is 9.53. The topological polar surface area (TPSA) is 69.2 Å². The lowest BCUT2D eigenvalue weighted by molar-refractivity contribution is -0.0328. The molecule has 8 heteroatoms. The maximum atomic E-state index is 10.8. The predicted octanol–water partition coefficient (Wildman–Crippen LogP) is 6.04. The van der Waals surface area contributed by atoms with Crippen LogP contribution in [0.5, 0.6) is 11.5 Å². The van der Waals surface area contributed by atoms with Crippen molar-refractivity contribution in [3.8, 4) is 11.5 Å². The molecule has 1 aliphatic heterocycles. The highest BCUT2D eigenvalue weighted by Crippen LogP contribution is 2.30. The number of piperidine rings is 1. The molecular formula is C31H39Cl2NO5. The highest BCUT2D eigenvalue weighted by molar-refractivity contribution is 6.40. The van der Waals surface area contributed by atoms with Crippen molar-refractivity contribution in [2.24, 2.45) is 0 Å². The monoisotopic (exact) mass is 575 g/mol. The van der Waals surface area contributed by atoms with Crippen LogP contribution in [0, 0.1) is 6.92 Å². The minimum absolute atomic E-state index is 0.106. The summed E-state index contributed by atoms with van der Waals surface area (Å²) in [6.45, 7) is 5.62. The fourth-order valence-corrected chi connectivity index (χ4v) is 4.61. The van der Waals surface area contributed by atoms with E-state index in [2.05, 4.69) is 23.5 Å². The molecule has 1 aliphatic rings. The van der Waals surface area contributed by atoms with Crippen molar-refractivity contribution in [3.63, 3.8) is 0 Å². The van der Waals surface area contributed by atoms with Gasteiger partial charge >= 0.3 is 0 Å². The van der Waals surface area contributed by atoms with E-state index in [1.165, 1.54) is 5.56 Å². The molecule has 3 aromatic carbocycles. The van der Waals surface area contributed by atoms with Gasteiger partial charge in [0.1, 0.15) is 11.5 Å². The van der Waals surface area contributed by atoms with Crippen LogP contribution in [-0.4, -0.2) is 56.1 Å². The smallest absolute Gasteiger partial charge is 0.121 e. The number of benzene rings is 3. The van der Waals surface area contributed by atoms with E-state index in [4.69, 9.17) is 42.1 Å². The van der Waals surface area contributed by atoms with Crippen LogP contribution in [0.15, 0.2) is 72.8 Å². The second-order valence-electron chi connectivity index (χ2n) is 9.32. The first-order chi connectivity index (χ1) is 19.0. The lowest BCUT2D eigenvalue weighted by Crippen LogP contribution is -2.49. The van der Waals surface area contributed by atoms with Crippen molar-refractivity contribution in [2.45, 2.75) is 44.7 Å². The molecule has 3 atom stereocenters. The van der Waals surface area contributed by atoms with Crippen LogP contribution in [0.4, 0.5) is 0 Å². The molecule has 3 aromatic rings. The molecule has 1 fully saturated rings. The summed E-state index contributed by atoms with van der Waals surface area (Å²) in [6, 6.07) is 24.2. The Morgan fingerprint density at radius 3 is 2.33 bits per heavy atom. The minimum atomic E-state index is -0.519. The molecule has 3 unspecified atom stereocenters. The maximum absolute atomic E-state index is 10.8. The van der Waals surface area contributed by atoms with E-state index in [1.807, 2.05) is 61.5 Å². The number of aliphatic hydroxyl groups excluding tert-OH is 1. The summed E-state index contributed by atoms with van der Waals surface area (Å²) in [5, 5.41) is 14.3. The van der Waals surface area contributed by atoms with Gasteiger partial charge < -0.3 is 29.4 Å². The van der Waals surface area contributed by atoms with Gasteiger partial charge in [0.25, 0.3) is 0 Å². The fourth-order valence-electron chi connectivity index (χ4n) is 4.61. The highest BCUT2D eigenvalue weighted by atomic mass is 35.5. The normalized spacial score (nSPS) is 18.6. The molecule has 2 N–H and O–H groups in total. The van der Waals surface area contributed by atoms with Crippen LogP contribution in [0.25, 0.3) is 0 Å². The predicted molar refractivity (Wildman–Crippen MR) is 157 cm³/mol. The summed E-state index contributed by atoms with van der Waals surface area (Å²) in [5.41, 5.74) is 4.40. The van der Waals surface area contributed by atoms with Crippen molar-refractivity contribution in [2.75, 3.05) is 38.8 Å². The van der Waals surface area contributed by atoms with Crippen molar-refractivity contribution in [1.29, 1.82) is 0 Å². The number of alkyl halides is 2. The van der Waals surface area contributed by atoms with Gasteiger partial charge in [0.05, 0.1) is 51.1 Å². The zero-order chi connectivity index (χ0) is 27.9. The number of aryl methyl sites for hydroxylation is 1. The average molecular weight is 577 g/mol. The molecule has 39 heavy (non-hydrogen) atoms. The molecule has 0 radical (unpaired) electrons. The standard InChI is InChI=1S/C30H37NO5.CH2Cl2/c1-22-17-24(9-14-28(22)33-2)21-36-29-19-31-18-27(32)30(29)25-10-12-26(13-11-25)35-16-6-15-34-20-23-7-4-3-5-8-23;2-1-3/h3-5,7-14,17,27,29-32H,6,15-16,18-21H2,1-2H3;1H2. The van der Waals surface area contributed by atoms with Crippen molar-refractivity contribution in [3.05, 3.63) is 95.1 Å². The van der Waals surface area contributed by atoms with Gasteiger partial charge in [-0.2, -0.15) is 0 Å². The van der Waals surface area contributed by atoms with E-state index in [-0.39, 0.29) is 17.4 Å². The molecule has 0 amide bonds. The van der Waals surface area contributed by atoms with E-state index in [0.29, 0.717) is 39.5 Å². The largest absolute Gasteiger partial charge is 0.496 e. The number of nitrogens with one attached hydrogen (secondary N) is 1. The third-order valence-electron chi connectivity index (χ3n) is 6.52. The highest BCUT2D eigenvalue weighted by Gasteiger charge is 2.34. The minimum Gasteiger partial charge on any atom is -0.496 e. The summed E-state index contributed by atoms with van der Waals surface area (Å²) < 4.78 is 23.3. The molecule has 0 bridgehead atoms. The molecule has 4 rings (SSSR count). The third-order valence-corrected chi connectivity index (χ3v) is 6.52. The van der Waals surface area contributed by atoms with Crippen molar-refractivity contribution in [1.82, 2.24) is 5.32 Å². The first-order valence-corrected chi connectivity index (χ1v) is 14.2. The number of hydrogen-bond donors (Lipinski definition) is 2. The first-order valence-electron chi connectivity index (χ1n) is 13.2. The summed E-state index contributed by atoms with van der Waals surface area (Å²) in [7, 11) is 1.68. The van der Waals surface area contributed by atoms with Crippen LogP contribution in [0.3, 0.4) is 0 Å². The van der Waals surface area contributed by atoms with Gasteiger partial charge in [0.2, 0.25) is 0 Å².